The summed E-state index contributed by atoms with van der Waals surface area (Å²) in [5.74, 6) is -2.66. The predicted octanol–water partition coefficient (Wildman–Crippen LogP) is 2.49. The molecule has 0 aromatic heterocycles. The van der Waals surface area contributed by atoms with Crippen molar-refractivity contribution in [1.82, 2.24) is 20.9 Å². The van der Waals surface area contributed by atoms with Gasteiger partial charge in [-0.25, -0.2) is 0 Å². The van der Waals surface area contributed by atoms with Gasteiger partial charge in [-0.15, -0.1) is 0 Å². The number of hydrogen-bond donors (Lipinski definition) is 3. The summed E-state index contributed by atoms with van der Waals surface area (Å²) < 4.78 is 0. The zero-order chi connectivity index (χ0) is 30.6. The van der Waals surface area contributed by atoms with Gasteiger partial charge < -0.3 is 25.7 Å². The molecule has 2 heterocycles. The van der Waals surface area contributed by atoms with Crippen molar-refractivity contribution in [2.45, 2.75) is 102 Å². The van der Waals surface area contributed by atoms with E-state index >= 15 is 0 Å². The summed E-state index contributed by atoms with van der Waals surface area (Å²) in [4.78, 5) is 72.6. The number of hydrogen-bond acceptors (Lipinski definition) is 7. The minimum Gasteiger partial charge on any atom is -0.387 e. The largest absolute Gasteiger partial charge is 0.387 e. The van der Waals surface area contributed by atoms with E-state index in [4.69, 9.17) is 16.4 Å². The number of benzene rings is 1. The Hall–Kier alpha value is -3.47. The lowest BCUT2D eigenvalue weighted by atomic mass is 9.91. The standard InChI is InChI=1S/C30H40ClN5O6/c1-5-7-22(26(38)28(40)33-21-10-11-21)34-27(39)25-15-30(14-24(35-42-30)19-8-6-9-20(31)13-19)16-36(25)29(41)23(12-17(2)3)32-18(4)37/h6,8-9,13,17,21-23,25H,5,7,10-12,14-16H2,1-4H3,(H,32,37)(H,33,40)(H,34,39)/t22-,23-,25-,30+/m0/s1. The fraction of sp³-hybridized carbons (Fsp3) is 0.600. The molecular formula is C30H40ClN5O6. The summed E-state index contributed by atoms with van der Waals surface area (Å²) in [5, 5.41) is 13.0. The van der Waals surface area contributed by atoms with Gasteiger partial charge in [-0.05, 0) is 43.7 Å². The Bertz CT molecular complexity index is 1260. The van der Waals surface area contributed by atoms with Gasteiger partial charge >= 0.3 is 0 Å². The molecule has 0 bridgehead atoms. The van der Waals surface area contributed by atoms with Crippen LogP contribution in [0.15, 0.2) is 29.4 Å². The van der Waals surface area contributed by atoms with Crippen LogP contribution in [0.5, 0.6) is 0 Å². The zero-order valence-electron chi connectivity index (χ0n) is 24.6. The monoisotopic (exact) mass is 601 g/mol. The van der Waals surface area contributed by atoms with Crippen molar-refractivity contribution in [3.05, 3.63) is 34.9 Å². The molecule has 1 spiro atoms. The summed E-state index contributed by atoms with van der Waals surface area (Å²) in [6.45, 7) is 7.14. The smallest absolute Gasteiger partial charge is 0.289 e. The molecule has 1 aromatic rings. The minimum atomic E-state index is -1.03. The fourth-order valence-electron chi connectivity index (χ4n) is 5.56. The van der Waals surface area contributed by atoms with Crippen LogP contribution >= 0.6 is 11.6 Å². The molecule has 1 aliphatic carbocycles. The van der Waals surface area contributed by atoms with Crippen molar-refractivity contribution in [2.75, 3.05) is 6.54 Å². The van der Waals surface area contributed by atoms with E-state index in [0.29, 0.717) is 30.0 Å². The van der Waals surface area contributed by atoms with Crippen molar-refractivity contribution in [3.8, 4) is 0 Å². The van der Waals surface area contributed by atoms with Gasteiger partial charge in [-0.1, -0.05) is 56.1 Å². The molecule has 0 radical (unpaired) electrons. The van der Waals surface area contributed by atoms with Crippen LogP contribution in [0.3, 0.4) is 0 Å². The molecule has 228 valence electrons. The highest BCUT2D eigenvalue weighted by Gasteiger charge is 2.55. The average molecular weight is 602 g/mol. The van der Waals surface area contributed by atoms with Gasteiger partial charge in [0.05, 0.1) is 18.3 Å². The van der Waals surface area contributed by atoms with Crippen molar-refractivity contribution < 1.29 is 28.8 Å². The van der Waals surface area contributed by atoms with Crippen molar-refractivity contribution in [3.63, 3.8) is 0 Å². The number of nitrogens with one attached hydrogen (secondary N) is 3. The number of nitrogens with zero attached hydrogens (tertiary/aromatic N) is 2. The van der Waals surface area contributed by atoms with Crippen molar-refractivity contribution in [1.29, 1.82) is 0 Å². The second-order valence-corrected chi connectivity index (χ2v) is 12.5. The number of ketones is 1. The van der Waals surface area contributed by atoms with E-state index in [1.165, 1.54) is 11.8 Å². The molecule has 2 aliphatic heterocycles. The van der Waals surface area contributed by atoms with Crippen LogP contribution in [0.2, 0.25) is 5.02 Å². The Kier molecular flexibility index (Phi) is 9.91. The molecule has 3 aliphatic rings. The molecule has 1 saturated carbocycles. The highest BCUT2D eigenvalue weighted by atomic mass is 35.5. The van der Waals surface area contributed by atoms with Crippen molar-refractivity contribution in [2.24, 2.45) is 11.1 Å². The number of rotatable bonds is 12. The van der Waals surface area contributed by atoms with Crippen LogP contribution in [0.4, 0.5) is 0 Å². The lowest BCUT2D eigenvalue weighted by Crippen LogP contribution is -2.56. The van der Waals surface area contributed by atoms with Gasteiger partial charge in [0.25, 0.3) is 5.91 Å². The van der Waals surface area contributed by atoms with E-state index in [1.54, 1.807) is 18.2 Å². The first kappa shape index (κ1) is 31.5. The van der Waals surface area contributed by atoms with E-state index in [0.717, 1.165) is 18.4 Å². The van der Waals surface area contributed by atoms with Gasteiger partial charge in [0.15, 0.2) is 5.60 Å². The third kappa shape index (κ3) is 7.67. The van der Waals surface area contributed by atoms with Crippen LogP contribution in [-0.2, 0) is 28.8 Å². The quantitative estimate of drug-likeness (QED) is 0.314. The maximum atomic E-state index is 13.9. The summed E-state index contributed by atoms with van der Waals surface area (Å²) in [6.07, 6.45) is 3.31. The molecule has 12 heteroatoms. The van der Waals surface area contributed by atoms with Crippen LogP contribution in [0.1, 0.15) is 78.2 Å². The third-order valence-electron chi connectivity index (χ3n) is 7.71. The Labute approximate surface area is 251 Å². The molecule has 42 heavy (non-hydrogen) atoms. The first-order chi connectivity index (χ1) is 19.9. The highest BCUT2D eigenvalue weighted by Crippen LogP contribution is 2.39. The maximum Gasteiger partial charge on any atom is 0.289 e. The summed E-state index contributed by atoms with van der Waals surface area (Å²) in [6, 6.07) is 4.31. The number of Topliss-reactive ketones (excluding diaryl/α,β-unsaturated/α-hetero) is 1. The van der Waals surface area contributed by atoms with E-state index in [-0.39, 0.29) is 37.3 Å². The molecule has 2 fully saturated rings. The Morgan fingerprint density at radius 1 is 1.14 bits per heavy atom. The van der Waals surface area contributed by atoms with E-state index in [9.17, 15) is 24.0 Å². The van der Waals surface area contributed by atoms with Crippen LogP contribution in [-0.4, -0.2) is 76.3 Å². The molecular weight excluding hydrogens is 562 g/mol. The second-order valence-electron chi connectivity index (χ2n) is 12.0. The number of likely N-dealkylation sites (tertiary alicyclic amines) is 1. The first-order valence-electron chi connectivity index (χ1n) is 14.6. The third-order valence-corrected chi connectivity index (χ3v) is 7.95. The minimum absolute atomic E-state index is 0.00195. The number of halogens is 1. The Morgan fingerprint density at radius 3 is 2.50 bits per heavy atom. The normalized spacial score (nSPS) is 22.8. The molecule has 4 atom stereocenters. The van der Waals surface area contributed by atoms with Gasteiger partial charge in [-0.2, -0.15) is 0 Å². The molecule has 4 rings (SSSR count). The van der Waals surface area contributed by atoms with Gasteiger partial charge in [-0.3, -0.25) is 24.0 Å². The summed E-state index contributed by atoms with van der Waals surface area (Å²) in [7, 11) is 0. The van der Waals surface area contributed by atoms with Crippen LogP contribution < -0.4 is 16.0 Å². The molecule has 4 amide bonds. The van der Waals surface area contributed by atoms with E-state index in [2.05, 4.69) is 21.1 Å². The predicted molar refractivity (Wildman–Crippen MR) is 157 cm³/mol. The van der Waals surface area contributed by atoms with Crippen LogP contribution in [0.25, 0.3) is 0 Å². The lowest BCUT2D eigenvalue weighted by Gasteiger charge is -2.30. The fourth-order valence-corrected chi connectivity index (χ4v) is 5.75. The van der Waals surface area contributed by atoms with Gasteiger partial charge in [0.1, 0.15) is 12.1 Å². The zero-order valence-corrected chi connectivity index (χ0v) is 25.3. The molecule has 11 nitrogen and oxygen atoms in total. The number of amides is 4. The average Bonchev–Trinajstić information content (AvgIpc) is 3.52. The Morgan fingerprint density at radius 2 is 1.88 bits per heavy atom. The topological polar surface area (TPSA) is 146 Å². The summed E-state index contributed by atoms with van der Waals surface area (Å²) in [5.41, 5.74) is 0.431. The van der Waals surface area contributed by atoms with Crippen LogP contribution in [0, 0.1) is 5.92 Å². The number of carbonyl (C=O) groups excluding carboxylic acids is 5. The van der Waals surface area contributed by atoms with E-state index < -0.39 is 47.2 Å². The SMILES string of the molecule is CCC[C@H](NC(=O)[C@@H]1C[C@]2(CC(c3cccc(Cl)c3)=NO2)CN1C(=O)[C@H](CC(C)C)NC(C)=O)C(=O)C(=O)NC1CC1. The first-order valence-corrected chi connectivity index (χ1v) is 15.0. The molecule has 1 saturated heterocycles. The van der Waals surface area contributed by atoms with Crippen molar-refractivity contribution >= 4 is 46.7 Å². The lowest BCUT2D eigenvalue weighted by molar-refractivity contribution is -0.143. The van der Waals surface area contributed by atoms with Gasteiger partial charge in [0, 0.05) is 36.4 Å². The molecule has 1 aromatic carbocycles. The van der Waals surface area contributed by atoms with Gasteiger partial charge in [0.2, 0.25) is 23.5 Å². The Balaban J connectivity index is 1.58. The van der Waals surface area contributed by atoms with E-state index in [1.807, 2.05) is 26.8 Å². The number of carbonyl (C=O) groups is 5. The second kappa shape index (κ2) is 13.2. The maximum absolute atomic E-state index is 13.9. The highest BCUT2D eigenvalue weighted by molar-refractivity contribution is 6.38. The summed E-state index contributed by atoms with van der Waals surface area (Å²) >= 11 is 6.18. The molecule has 3 N–H and O–H groups in total. The molecule has 0 unspecified atom stereocenters. The number of oxime groups is 1.